The van der Waals surface area contributed by atoms with Crippen LogP contribution in [0.15, 0.2) is 42.6 Å². The Kier molecular flexibility index (Phi) is 8.10. The van der Waals surface area contributed by atoms with Crippen LogP contribution in [0.3, 0.4) is 0 Å². The lowest BCUT2D eigenvalue weighted by Gasteiger charge is -2.21. The number of carbonyl (C=O) groups excluding carboxylic acids is 1. The Labute approximate surface area is 223 Å². The molecule has 4 rings (SSSR count). The second-order valence-electron chi connectivity index (χ2n) is 9.27. The van der Waals surface area contributed by atoms with Gasteiger partial charge in [0, 0.05) is 61.9 Å². The van der Waals surface area contributed by atoms with Crippen LogP contribution in [0.5, 0.6) is 0 Å². The zero-order valence-corrected chi connectivity index (χ0v) is 23.1. The molecular weight excluding hydrogens is 486 g/mol. The molecule has 194 valence electrons. The Balaban J connectivity index is 1.72. The molecule has 3 aromatic heterocycles. The maximum atomic E-state index is 13.8. The fourth-order valence-corrected chi connectivity index (χ4v) is 4.67. The first kappa shape index (κ1) is 26.6. The van der Waals surface area contributed by atoms with E-state index in [1.165, 1.54) is 0 Å². The molecule has 1 aromatic carbocycles. The van der Waals surface area contributed by atoms with Crippen molar-refractivity contribution < 1.29 is 4.79 Å². The number of aromatic nitrogens is 4. The molecule has 0 unspecified atom stereocenters. The van der Waals surface area contributed by atoms with Crippen LogP contribution < -0.4 is 10.2 Å². The van der Waals surface area contributed by atoms with Gasteiger partial charge < -0.3 is 15.1 Å². The van der Waals surface area contributed by atoms with Crippen LogP contribution in [-0.4, -0.2) is 64.8 Å². The molecule has 0 spiro atoms. The van der Waals surface area contributed by atoms with Crippen LogP contribution in [-0.2, 0) is 13.1 Å². The third-order valence-corrected chi connectivity index (χ3v) is 6.92. The minimum atomic E-state index is -0.111. The molecule has 0 aliphatic rings. The first-order valence-electron chi connectivity index (χ1n) is 12.4. The van der Waals surface area contributed by atoms with Gasteiger partial charge in [-0.1, -0.05) is 11.6 Å². The lowest BCUT2D eigenvalue weighted by atomic mass is 10.0. The summed E-state index contributed by atoms with van der Waals surface area (Å²) < 4.78 is 1.93. The van der Waals surface area contributed by atoms with Gasteiger partial charge in [-0.05, 0) is 64.2 Å². The molecule has 0 aliphatic carbocycles. The highest BCUT2D eigenvalue weighted by Gasteiger charge is 2.20. The van der Waals surface area contributed by atoms with E-state index >= 15 is 0 Å². The molecule has 4 aromatic rings. The van der Waals surface area contributed by atoms with E-state index in [1.54, 1.807) is 24.1 Å². The number of rotatable bonds is 9. The third-order valence-electron chi connectivity index (χ3n) is 6.69. The summed E-state index contributed by atoms with van der Waals surface area (Å²) in [5.41, 5.74) is 6.65. The van der Waals surface area contributed by atoms with Crippen LogP contribution in [0.25, 0.3) is 22.3 Å². The number of fused-ring (bicyclic) bond motifs is 1. The number of nitrogens with one attached hydrogen (secondary N) is 1. The Morgan fingerprint density at radius 3 is 2.54 bits per heavy atom. The summed E-state index contributed by atoms with van der Waals surface area (Å²) in [6, 6.07) is 11.3. The summed E-state index contributed by atoms with van der Waals surface area (Å²) in [5.74, 6) is -0.111. The molecule has 8 nitrogen and oxygen atoms in total. The van der Waals surface area contributed by atoms with Gasteiger partial charge in [0.1, 0.15) is 0 Å². The van der Waals surface area contributed by atoms with Gasteiger partial charge in [-0.25, -0.2) is 9.97 Å². The van der Waals surface area contributed by atoms with Crippen LogP contribution in [0, 0.1) is 13.8 Å². The molecule has 0 atom stereocenters. The number of halogens is 1. The maximum absolute atomic E-state index is 13.8. The average molecular weight is 520 g/mol. The van der Waals surface area contributed by atoms with E-state index in [9.17, 15) is 4.79 Å². The molecule has 1 amide bonds. The van der Waals surface area contributed by atoms with Crippen LogP contribution >= 0.6 is 11.6 Å². The Morgan fingerprint density at radius 2 is 1.86 bits per heavy atom. The van der Waals surface area contributed by atoms with Gasteiger partial charge in [-0.15, -0.1) is 0 Å². The number of aryl methyl sites for hydroxylation is 2. The molecule has 0 bridgehead atoms. The number of benzene rings is 1. The number of pyridine rings is 2. The van der Waals surface area contributed by atoms with Gasteiger partial charge >= 0.3 is 0 Å². The van der Waals surface area contributed by atoms with E-state index in [1.807, 2.05) is 50.0 Å². The topological polar surface area (TPSA) is 79.2 Å². The molecule has 37 heavy (non-hydrogen) atoms. The lowest BCUT2D eigenvalue weighted by molar-refractivity contribution is 0.0787. The highest BCUT2D eigenvalue weighted by Crippen LogP contribution is 2.29. The summed E-state index contributed by atoms with van der Waals surface area (Å²) in [5, 5.41) is 8.86. The Morgan fingerprint density at radius 1 is 1.08 bits per heavy atom. The van der Waals surface area contributed by atoms with Crippen LogP contribution in [0.4, 0.5) is 5.69 Å². The van der Waals surface area contributed by atoms with Crippen LogP contribution in [0.2, 0.25) is 5.02 Å². The SMILES string of the molecule is CCn1ncc(CN(C)C(=O)c2cc(-c3ccc(N(C)CCNC)c(C)n3)nc3ccc(Cl)cc23)c1C. The number of anilines is 1. The fraction of sp³-hybridized carbons (Fsp3) is 0.357. The van der Waals surface area contributed by atoms with Gasteiger partial charge in [0.15, 0.2) is 0 Å². The van der Waals surface area contributed by atoms with Crippen molar-refractivity contribution in [2.75, 3.05) is 39.1 Å². The monoisotopic (exact) mass is 519 g/mol. The van der Waals surface area contributed by atoms with Gasteiger partial charge in [0.25, 0.3) is 5.91 Å². The van der Waals surface area contributed by atoms with Crippen molar-refractivity contribution in [3.8, 4) is 11.4 Å². The Bertz CT molecular complexity index is 1430. The second-order valence-corrected chi connectivity index (χ2v) is 9.71. The van der Waals surface area contributed by atoms with E-state index in [-0.39, 0.29) is 5.91 Å². The molecule has 0 fully saturated rings. The van der Waals surface area contributed by atoms with Crippen molar-refractivity contribution in [2.45, 2.75) is 33.9 Å². The van der Waals surface area contributed by atoms with Crippen molar-refractivity contribution in [3.05, 3.63) is 70.1 Å². The molecular formula is C28H34ClN7O. The summed E-state index contributed by atoms with van der Waals surface area (Å²) in [4.78, 5) is 27.3. The van der Waals surface area contributed by atoms with E-state index in [2.05, 4.69) is 35.4 Å². The van der Waals surface area contributed by atoms with E-state index < -0.39 is 0 Å². The molecule has 3 heterocycles. The summed E-state index contributed by atoms with van der Waals surface area (Å²) in [7, 11) is 5.80. The first-order chi connectivity index (χ1) is 17.7. The van der Waals surface area contributed by atoms with Crippen molar-refractivity contribution in [3.63, 3.8) is 0 Å². The van der Waals surface area contributed by atoms with Crippen molar-refractivity contribution in [2.24, 2.45) is 0 Å². The smallest absolute Gasteiger partial charge is 0.254 e. The highest BCUT2D eigenvalue weighted by atomic mass is 35.5. The van der Waals surface area contributed by atoms with Gasteiger partial charge in [-0.3, -0.25) is 9.48 Å². The predicted molar refractivity (Wildman–Crippen MR) is 150 cm³/mol. The van der Waals surface area contributed by atoms with Crippen molar-refractivity contribution >= 4 is 34.1 Å². The minimum Gasteiger partial charge on any atom is -0.372 e. The fourth-order valence-electron chi connectivity index (χ4n) is 4.50. The number of amides is 1. The van der Waals surface area contributed by atoms with Crippen LogP contribution in [0.1, 0.15) is 34.2 Å². The molecule has 0 radical (unpaired) electrons. The molecule has 0 aliphatic heterocycles. The molecule has 1 N–H and O–H groups in total. The van der Waals surface area contributed by atoms with E-state index in [0.29, 0.717) is 33.7 Å². The van der Waals surface area contributed by atoms with Gasteiger partial charge in [0.05, 0.1) is 40.0 Å². The number of hydrogen-bond donors (Lipinski definition) is 1. The number of hydrogen-bond acceptors (Lipinski definition) is 6. The number of nitrogens with zero attached hydrogens (tertiary/aromatic N) is 6. The summed E-state index contributed by atoms with van der Waals surface area (Å²) in [6.45, 7) is 9.06. The highest BCUT2D eigenvalue weighted by molar-refractivity contribution is 6.31. The van der Waals surface area contributed by atoms with E-state index in [4.69, 9.17) is 21.6 Å². The molecule has 9 heteroatoms. The maximum Gasteiger partial charge on any atom is 0.254 e. The molecule has 0 saturated heterocycles. The van der Waals surface area contributed by atoms with Crippen molar-refractivity contribution in [1.29, 1.82) is 0 Å². The molecule has 0 saturated carbocycles. The zero-order chi connectivity index (χ0) is 26.7. The average Bonchev–Trinajstić information content (AvgIpc) is 3.24. The first-order valence-corrected chi connectivity index (χ1v) is 12.8. The lowest BCUT2D eigenvalue weighted by Crippen LogP contribution is -2.27. The minimum absolute atomic E-state index is 0.111. The third kappa shape index (κ3) is 5.60. The van der Waals surface area contributed by atoms with Gasteiger partial charge in [0.2, 0.25) is 0 Å². The standard InChI is InChI=1S/C28H34ClN7O/c1-7-36-19(3)20(16-31-36)17-35(6)28(37)23-15-26(33-24-9-8-21(29)14-22(23)24)25-10-11-27(18(2)32-25)34(5)13-12-30-4/h8-11,14-16,30H,7,12-13,17H2,1-6H3. The predicted octanol–water partition coefficient (Wildman–Crippen LogP) is 4.71. The second kappa shape index (κ2) is 11.3. The largest absolute Gasteiger partial charge is 0.372 e. The normalized spacial score (nSPS) is 11.2. The summed E-state index contributed by atoms with van der Waals surface area (Å²) in [6.07, 6.45) is 1.83. The van der Waals surface area contributed by atoms with E-state index in [0.717, 1.165) is 48.0 Å². The summed E-state index contributed by atoms with van der Waals surface area (Å²) >= 11 is 6.32. The number of likely N-dealkylation sites (N-methyl/N-ethyl adjacent to an activating group) is 2. The van der Waals surface area contributed by atoms with Gasteiger partial charge in [-0.2, -0.15) is 5.10 Å². The Hall–Kier alpha value is -3.49. The zero-order valence-electron chi connectivity index (χ0n) is 22.3. The van der Waals surface area contributed by atoms with Crippen molar-refractivity contribution in [1.82, 2.24) is 30.0 Å². The quantitative estimate of drug-likeness (QED) is 0.345. The number of carbonyl (C=O) groups is 1.